The molecule has 0 saturated carbocycles. The SMILES string of the molecule is O=S(=O)(O)Oc1ccc(-c2ccccc2)c(F)c1. The van der Waals surface area contributed by atoms with Gasteiger partial charge >= 0.3 is 10.4 Å². The number of benzene rings is 2. The molecule has 2 aromatic carbocycles. The predicted molar refractivity (Wildman–Crippen MR) is 64.0 cm³/mol. The minimum atomic E-state index is -4.64. The van der Waals surface area contributed by atoms with E-state index in [9.17, 15) is 12.8 Å². The summed E-state index contributed by atoms with van der Waals surface area (Å²) in [5.74, 6) is -0.919. The molecule has 0 atom stereocenters. The van der Waals surface area contributed by atoms with E-state index in [1.165, 1.54) is 12.1 Å². The molecule has 0 aliphatic rings. The van der Waals surface area contributed by atoms with Gasteiger partial charge in [0, 0.05) is 11.6 Å². The lowest BCUT2D eigenvalue weighted by Gasteiger charge is -2.06. The Balaban J connectivity index is 2.37. The average Bonchev–Trinajstić information content (AvgIpc) is 2.28. The fourth-order valence-electron chi connectivity index (χ4n) is 1.52. The molecule has 6 heteroatoms. The van der Waals surface area contributed by atoms with Crippen LogP contribution in [-0.2, 0) is 10.4 Å². The van der Waals surface area contributed by atoms with Crippen LogP contribution in [0.4, 0.5) is 4.39 Å². The maximum absolute atomic E-state index is 13.8. The van der Waals surface area contributed by atoms with Crippen molar-refractivity contribution in [3.05, 3.63) is 54.3 Å². The third kappa shape index (κ3) is 3.06. The van der Waals surface area contributed by atoms with Gasteiger partial charge in [0.1, 0.15) is 11.6 Å². The first-order valence-electron chi connectivity index (χ1n) is 4.97. The van der Waals surface area contributed by atoms with Crippen molar-refractivity contribution in [1.82, 2.24) is 0 Å². The Labute approximate surface area is 104 Å². The quantitative estimate of drug-likeness (QED) is 0.869. The molecule has 0 aromatic heterocycles. The van der Waals surface area contributed by atoms with Crippen molar-refractivity contribution >= 4 is 10.4 Å². The summed E-state index contributed by atoms with van der Waals surface area (Å²) in [4.78, 5) is 0. The zero-order valence-electron chi connectivity index (χ0n) is 9.08. The molecule has 2 aromatic rings. The summed E-state index contributed by atoms with van der Waals surface area (Å²) in [6, 6.07) is 12.3. The average molecular weight is 268 g/mol. The molecule has 94 valence electrons. The van der Waals surface area contributed by atoms with E-state index in [1.807, 2.05) is 0 Å². The van der Waals surface area contributed by atoms with Crippen LogP contribution < -0.4 is 4.18 Å². The normalized spacial score (nSPS) is 11.2. The second-order valence-corrected chi connectivity index (χ2v) is 4.54. The minimum absolute atomic E-state index is 0.283. The first-order valence-corrected chi connectivity index (χ1v) is 6.34. The number of hydrogen-bond donors (Lipinski definition) is 1. The third-order valence-corrected chi connectivity index (χ3v) is 2.63. The van der Waals surface area contributed by atoms with Gasteiger partial charge < -0.3 is 4.18 Å². The standard InChI is InChI=1S/C12H9FO4S/c13-12-8-10(17-18(14,15)16)6-7-11(12)9-4-2-1-3-5-9/h1-8H,(H,14,15,16). The molecule has 0 saturated heterocycles. The van der Waals surface area contributed by atoms with Crippen molar-refractivity contribution in [2.24, 2.45) is 0 Å². The maximum atomic E-state index is 13.8. The van der Waals surface area contributed by atoms with Crippen LogP contribution in [0.15, 0.2) is 48.5 Å². The maximum Gasteiger partial charge on any atom is 0.446 e. The fraction of sp³-hybridized carbons (Fsp3) is 0. The molecule has 0 fully saturated rings. The van der Waals surface area contributed by atoms with Crippen molar-refractivity contribution in [1.29, 1.82) is 0 Å². The van der Waals surface area contributed by atoms with E-state index in [2.05, 4.69) is 4.18 Å². The topological polar surface area (TPSA) is 63.6 Å². The molecule has 0 radical (unpaired) electrons. The van der Waals surface area contributed by atoms with E-state index in [4.69, 9.17) is 4.55 Å². The molecule has 4 nitrogen and oxygen atoms in total. The highest BCUT2D eigenvalue weighted by atomic mass is 32.3. The molecule has 0 amide bonds. The summed E-state index contributed by atoms with van der Waals surface area (Å²) >= 11 is 0. The van der Waals surface area contributed by atoms with Gasteiger partial charge in [-0.25, -0.2) is 4.39 Å². The van der Waals surface area contributed by atoms with Gasteiger partial charge in [-0.3, -0.25) is 4.55 Å². The zero-order chi connectivity index (χ0) is 13.2. The van der Waals surface area contributed by atoms with Gasteiger partial charge in [0.15, 0.2) is 0 Å². The predicted octanol–water partition coefficient (Wildman–Crippen LogP) is 2.67. The van der Waals surface area contributed by atoms with E-state index in [-0.39, 0.29) is 5.75 Å². The summed E-state index contributed by atoms with van der Waals surface area (Å²) in [6.07, 6.45) is 0. The molecule has 2 rings (SSSR count). The smallest absolute Gasteiger partial charge is 0.362 e. The lowest BCUT2D eigenvalue weighted by atomic mass is 10.1. The first-order chi connectivity index (χ1) is 8.46. The Hall–Kier alpha value is -1.92. The summed E-state index contributed by atoms with van der Waals surface area (Å²) in [7, 11) is -4.64. The van der Waals surface area contributed by atoms with Crippen LogP contribution in [0.3, 0.4) is 0 Å². The highest BCUT2D eigenvalue weighted by Gasteiger charge is 2.11. The number of hydrogen-bond acceptors (Lipinski definition) is 3. The Morgan fingerprint density at radius 1 is 1.06 bits per heavy atom. The van der Waals surface area contributed by atoms with Crippen molar-refractivity contribution < 1.29 is 21.5 Å². The van der Waals surface area contributed by atoms with Gasteiger partial charge in [-0.15, -0.1) is 0 Å². The Morgan fingerprint density at radius 3 is 2.28 bits per heavy atom. The summed E-state index contributed by atoms with van der Waals surface area (Å²) < 4.78 is 47.3. The van der Waals surface area contributed by atoms with Gasteiger partial charge in [0.05, 0.1) is 0 Å². The Bertz CT molecular complexity index is 653. The van der Waals surface area contributed by atoms with E-state index < -0.39 is 16.2 Å². The first kappa shape index (κ1) is 12.5. The van der Waals surface area contributed by atoms with Crippen LogP contribution in [0.2, 0.25) is 0 Å². The molecule has 0 unspecified atom stereocenters. The van der Waals surface area contributed by atoms with Gasteiger partial charge in [0.2, 0.25) is 0 Å². The molecule has 0 aliphatic heterocycles. The van der Waals surface area contributed by atoms with Crippen molar-refractivity contribution in [2.45, 2.75) is 0 Å². The zero-order valence-corrected chi connectivity index (χ0v) is 9.89. The number of halogens is 1. The molecular formula is C12H9FO4S. The molecular weight excluding hydrogens is 259 g/mol. The summed E-state index contributed by atoms with van der Waals surface area (Å²) in [5.41, 5.74) is 0.978. The van der Waals surface area contributed by atoms with Crippen molar-refractivity contribution in [2.75, 3.05) is 0 Å². The molecule has 0 aliphatic carbocycles. The van der Waals surface area contributed by atoms with Crippen LogP contribution in [0.1, 0.15) is 0 Å². The third-order valence-electron chi connectivity index (χ3n) is 2.23. The largest absolute Gasteiger partial charge is 0.446 e. The fourth-order valence-corrected chi connectivity index (χ4v) is 1.87. The lowest BCUT2D eigenvalue weighted by molar-refractivity contribution is 0.386. The van der Waals surface area contributed by atoms with Crippen molar-refractivity contribution in [3.63, 3.8) is 0 Å². The minimum Gasteiger partial charge on any atom is -0.362 e. The monoisotopic (exact) mass is 268 g/mol. The highest BCUT2D eigenvalue weighted by molar-refractivity contribution is 7.81. The number of rotatable bonds is 3. The van der Waals surface area contributed by atoms with Gasteiger partial charge in [-0.05, 0) is 17.7 Å². The van der Waals surface area contributed by atoms with Gasteiger partial charge in [-0.1, -0.05) is 30.3 Å². The van der Waals surface area contributed by atoms with Crippen LogP contribution in [0, 0.1) is 5.82 Å². The summed E-state index contributed by atoms with van der Waals surface area (Å²) in [5, 5.41) is 0. The summed E-state index contributed by atoms with van der Waals surface area (Å²) in [6.45, 7) is 0. The van der Waals surface area contributed by atoms with Crippen LogP contribution >= 0.6 is 0 Å². The van der Waals surface area contributed by atoms with E-state index in [1.54, 1.807) is 30.3 Å². The Morgan fingerprint density at radius 2 is 1.72 bits per heavy atom. The van der Waals surface area contributed by atoms with E-state index in [0.29, 0.717) is 11.1 Å². The molecule has 0 spiro atoms. The molecule has 0 heterocycles. The molecule has 1 N–H and O–H groups in total. The van der Waals surface area contributed by atoms with E-state index >= 15 is 0 Å². The van der Waals surface area contributed by atoms with Gasteiger partial charge in [-0.2, -0.15) is 8.42 Å². The molecule has 18 heavy (non-hydrogen) atoms. The van der Waals surface area contributed by atoms with Crippen molar-refractivity contribution in [3.8, 4) is 16.9 Å². The molecule has 0 bridgehead atoms. The Kier molecular flexibility index (Phi) is 3.31. The second-order valence-electron chi connectivity index (χ2n) is 3.52. The van der Waals surface area contributed by atoms with Crippen LogP contribution in [0.5, 0.6) is 5.75 Å². The van der Waals surface area contributed by atoms with E-state index in [0.717, 1.165) is 6.07 Å². The van der Waals surface area contributed by atoms with Crippen LogP contribution in [0.25, 0.3) is 11.1 Å². The van der Waals surface area contributed by atoms with Gasteiger partial charge in [0.25, 0.3) is 0 Å². The second kappa shape index (κ2) is 4.75. The van der Waals surface area contributed by atoms with Crippen LogP contribution in [-0.4, -0.2) is 13.0 Å². The lowest BCUT2D eigenvalue weighted by Crippen LogP contribution is -2.06. The highest BCUT2D eigenvalue weighted by Crippen LogP contribution is 2.26.